The number of fused-ring (bicyclic) bond motifs is 16. The first-order chi connectivity index (χ1) is 49.0. The Bertz CT molecular complexity index is 5300. The van der Waals surface area contributed by atoms with Crippen LogP contribution in [-0.2, 0) is 6.42 Å². The average Bonchev–Trinajstić information content (AvgIpc) is 0.753. The highest BCUT2D eigenvalue weighted by atomic mass is 79.9. The van der Waals surface area contributed by atoms with Gasteiger partial charge in [-0.1, -0.05) is 368 Å². The van der Waals surface area contributed by atoms with E-state index in [-0.39, 0.29) is 0 Å². The summed E-state index contributed by atoms with van der Waals surface area (Å²) in [6, 6.07) is 144. The maximum atomic E-state index is 3.66. The predicted molar refractivity (Wildman–Crippen MR) is 423 cm³/mol. The Morgan fingerprint density at radius 1 is 0.162 bits per heavy atom. The van der Waals surface area contributed by atoms with Crippen molar-refractivity contribution < 1.29 is 0 Å². The maximum absolute atomic E-state index is 3.66. The third kappa shape index (κ3) is 12.9. The van der Waals surface area contributed by atoms with Gasteiger partial charge in [-0.25, -0.2) is 0 Å². The smallest absolute Gasteiger partial charge is 0.0468 e. The molecular weight excluding hydrogens is 1260 g/mol. The molecule has 0 unspecified atom stereocenters. The molecule has 0 atom stereocenters. The van der Waals surface area contributed by atoms with Crippen LogP contribution >= 0.6 is 15.9 Å². The lowest BCUT2D eigenvalue weighted by Gasteiger charge is -2.28. The second-order valence-electron chi connectivity index (χ2n) is 25.2. The van der Waals surface area contributed by atoms with Crippen molar-refractivity contribution in [2.24, 2.45) is 0 Å². The Labute approximate surface area is 589 Å². The number of rotatable bonds is 9. The average molecular weight is 1330 g/mol. The molecular formula is C97H68BrN. The summed E-state index contributed by atoms with van der Waals surface area (Å²) in [4.78, 5) is 2.38. The van der Waals surface area contributed by atoms with Crippen LogP contribution in [-0.4, -0.2) is 0 Å². The highest BCUT2D eigenvalue weighted by Crippen LogP contribution is 2.51. The van der Waals surface area contributed by atoms with Crippen LogP contribution in [0.2, 0.25) is 0 Å². The van der Waals surface area contributed by atoms with Gasteiger partial charge in [-0.2, -0.15) is 0 Å². The fourth-order valence-corrected chi connectivity index (χ4v) is 14.6. The number of hydrogen-bond donors (Lipinski definition) is 0. The molecule has 0 fully saturated rings. The summed E-state index contributed by atoms with van der Waals surface area (Å²) in [6.07, 6.45) is 0.962. The zero-order valence-electron chi connectivity index (χ0n) is 54.6. The van der Waals surface area contributed by atoms with Crippen LogP contribution in [0, 0.1) is 0 Å². The number of hydrogen-bond acceptors (Lipinski definition) is 1. The molecule has 18 rings (SSSR count). The summed E-state index contributed by atoms with van der Waals surface area (Å²) in [6.45, 7) is 0. The molecule has 0 bridgehead atoms. The Morgan fingerprint density at radius 2 is 0.364 bits per heavy atom. The van der Waals surface area contributed by atoms with E-state index in [1.165, 1.54) is 145 Å². The first-order valence-electron chi connectivity index (χ1n) is 33.9. The highest BCUT2D eigenvalue weighted by Gasteiger charge is 2.25. The molecule has 2 aliphatic rings. The van der Waals surface area contributed by atoms with Crippen LogP contribution in [0.3, 0.4) is 0 Å². The van der Waals surface area contributed by atoms with E-state index in [4.69, 9.17) is 0 Å². The van der Waals surface area contributed by atoms with E-state index in [0.29, 0.717) is 0 Å². The molecule has 1 nitrogen and oxygen atoms in total. The normalized spacial score (nSPS) is 11.1. The lowest BCUT2D eigenvalue weighted by molar-refractivity contribution is 1.19. The number of halogens is 1. The third-order valence-electron chi connectivity index (χ3n) is 19.1. The molecule has 468 valence electrons. The molecule has 0 N–H and O–H groups in total. The summed E-state index contributed by atoms with van der Waals surface area (Å²) in [5, 5.41) is 0. The van der Waals surface area contributed by atoms with Gasteiger partial charge in [0, 0.05) is 21.5 Å². The predicted octanol–water partition coefficient (Wildman–Crippen LogP) is 27.5. The minimum absolute atomic E-state index is 0.962. The largest absolute Gasteiger partial charge is 0.310 e. The second-order valence-corrected chi connectivity index (χ2v) is 26.1. The molecule has 0 amide bonds. The van der Waals surface area contributed by atoms with Crippen LogP contribution < -0.4 is 4.90 Å². The van der Waals surface area contributed by atoms with Crippen molar-refractivity contribution in [2.45, 2.75) is 6.42 Å². The second kappa shape index (κ2) is 28.2. The molecule has 0 aliphatic heterocycles. The van der Waals surface area contributed by atoms with Crippen LogP contribution in [0.4, 0.5) is 17.1 Å². The SMILES string of the molecule is Brc1ccc2c(c1)-c1ccccc1-c1ccccc1-c1ccccc1-2.c1ccc(-c2ccc(Cc3ccc(-c4ccccc4)cc3)cc2)cc1.c1ccc(-c2ccc(N(c3ccc(-c4ccccc4)cc3)c3ccc4c(c3)-c3ccccc3-c3ccccc3-c3ccccc3-4)cc2)cc1. The summed E-state index contributed by atoms with van der Waals surface area (Å²) < 4.78 is 1.10. The summed E-state index contributed by atoms with van der Waals surface area (Å²) in [5.74, 6) is 0. The molecule has 16 aromatic rings. The Hall–Kier alpha value is -12.2. The van der Waals surface area contributed by atoms with Crippen molar-refractivity contribution in [1.29, 1.82) is 0 Å². The van der Waals surface area contributed by atoms with Gasteiger partial charge in [0.05, 0.1) is 0 Å². The fraction of sp³-hybridized carbons (Fsp3) is 0.0103. The van der Waals surface area contributed by atoms with Crippen molar-refractivity contribution in [3.63, 3.8) is 0 Å². The monoisotopic (exact) mass is 1330 g/mol. The first-order valence-corrected chi connectivity index (χ1v) is 34.7. The fourth-order valence-electron chi connectivity index (χ4n) is 14.3. The van der Waals surface area contributed by atoms with Crippen molar-refractivity contribution in [3.05, 3.63) is 416 Å². The van der Waals surface area contributed by atoms with Crippen LogP contribution in [0.15, 0.2) is 405 Å². The Balaban J connectivity index is 0.000000128. The van der Waals surface area contributed by atoms with Gasteiger partial charge in [0.25, 0.3) is 0 Å². The molecule has 0 spiro atoms. The minimum atomic E-state index is 0.962. The number of anilines is 3. The van der Waals surface area contributed by atoms with E-state index in [1.54, 1.807) is 0 Å². The van der Waals surface area contributed by atoms with E-state index < -0.39 is 0 Å². The summed E-state index contributed by atoms with van der Waals surface area (Å²) in [7, 11) is 0. The summed E-state index contributed by atoms with van der Waals surface area (Å²) in [5.41, 5.74) is 36.1. The van der Waals surface area contributed by atoms with Gasteiger partial charge < -0.3 is 4.90 Å². The zero-order valence-corrected chi connectivity index (χ0v) is 56.2. The summed E-state index contributed by atoms with van der Waals surface area (Å²) >= 11 is 3.66. The van der Waals surface area contributed by atoms with Crippen molar-refractivity contribution >= 4 is 33.0 Å². The van der Waals surface area contributed by atoms with E-state index in [0.717, 1.165) is 28.0 Å². The molecule has 0 radical (unpaired) electrons. The number of benzene rings is 16. The first kappa shape index (κ1) is 61.7. The van der Waals surface area contributed by atoms with E-state index in [9.17, 15) is 0 Å². The molecule has 0 saturated carbocycles. The topological polar surface area (TPSA) is 3.24 Å². The van der Waals surface area contributed by atoms with Gasteiger partial charge in [0.1, 0.15) is 0 Å². The Morgan fingerprint density at radius 3 is 0.646 bits per heavy atom. The molecule has 2 aliphatic carbocycles. The van der Waals surface area contributed by atoms with Crippen molar-refractivity contribution in [2.75, 3.05) is 4.90 Å². The van der Waals surface area contributed by atoms with Crippen LogP contribution in [0.1, 0.15) is 11.1 Å². The number of nitrogens with zero attached hydrogens (tertiary/aromatic N) is 1. The van der Waals surface area contributed by atoms with E-state index in [1.807, 2.05) is 0 Å². The van der Waals surface area contributed by atoms with Crippen molar-refractivity contribution in [3.8, 4) is 134 Å². The lowest BCUT2D eigenvalue weighted by atomic mass is 9.81. The molecule has 99 heavy (non-hydrogen) atoms. The van der Waals surface area contributed by atoms with Crippen LogP contribution in [0.5, 0.6) is 0 Å². The minimum Gasteiger partial charge on any atom is -0.310 e. The molecule has 0 heterocycles. The van der Waals surface area contributed by atoms with Gasteiger partial charge in [-0.05, 0) is 200 Å². The van der Waals surface area contributed by atoms with E-state index >= 15 is 0 Å². The maximum Gasteiger partial charge on any atom is 0.0468 e. The standard InChI is InChI=1S/C48H33N.C25H20.C24H15Br/c1-3-13-34(14-4-1)36-23-27-38(28-24-36)49(39-29-25-37(26-30-39)35-15-5-2-6-16-35)40-31-32-47-45-21-10-9-19-43(45)41-17-7-8-18-42(41)44-20-11-12-22-46(44)48(47)33-40;1-3-7-22(8-4-1)24-15-11-20(12-16-24)19-21-13-17-25(18-14-21)23-9-5-2-6-10-23;25-16-13-14-23-21-11-4-3-9-19(21)17-7-1-2-8-18(17)20-10-5-6-12-22(20)24(23)15-16/h1-33H;1-18H,19H2;1-15H. The van der Waals surface area contributed by atoms with E-state index in [2.05, 4.69) is 421 Å². The quantitative estimate of drug-likeness (QED) is 0.139. The molecule has 0 saturated heterocycles. The van der Waals surface area contributed by atoms with Gasteiger partial charge in [0.15, 0.2) is 0 Å². The van der Waals surface area contributed by atoms with Gasteiger partial charge in [-0.15, -0.1) is 0 Å². The van der Waals surface area contributed by atoms with Gasteiger partial charge in [-0.3, -0.25) is 0 Å². The Kier molecular flexibility index (Phi) is 17.6. The van der Waals surface area contributed by atoms with Gasteiger partial charge >= 0.3 is 0 Å². The van der Waals surface area contributed by atoms with Crippen LogP contribution in [0.25, 0.3) is 134 Å². The third-order valence-corrected chi connectivity index (χ3v) is 19.6. The zero-order chi connectivity index (χ0) is 66.3. The molecule has 0 aromatic heterocycles. The highest BCUT2D eigenvalue weighted by molar-refractivity contribution is 9.10. The van der Waals surface area contributed by atoms with Crippen molar-refractivity contribution in [1.82, 2.24) is 0 Å². The molecule has 16 aromatic carbocycles. The van der Waals surface area contributed by atoms with Gasteiger partial charge in [0.2, 0.25) is 0 Å². The molecule has 2 heteroatoms. The lowest BCUT2D eigenvalue weighted by Crippen LogP contribution is -2.10.